The second kappa shape index (κ2) is 23.5. The van der Waals surface area contributed by atoms with E-state index in [1.807, 2.05) is 133 Å². The second-order valence-corrected chi connectivity index (χ2v) is 12.9. The van der Waals surface area contributed by atoms with Crippen molar-refractivity contribution in [3.05, 3.63) is 199 Å². The quantitative estimate of drug-likeness (QED) is 0.0652. The van der Waals surface area contributed by atoms with E-state index < -0.39 is 0 Å². The summed E-state index contributed by atoms with van der Waals surface area (Å²) < 4.78 is 3.31. The normalized spacial score (nSPS) is 9.77. The number of halogens is 1. The van der Waals surface area contributed by atoms with E-state index in [1.165, 1.54) is 12.3 Å². The van der Waals surface area contributed by atoms with Gasteiger partial charge in [-0.05, 0) is 80.3 Å². The number of para-hydroxylation sites is 2. The van der Waals surface area contributed by atoms with Crippen LogP contribution in [0.5, 0.6) is 0 Å². The number of anilines is 5. The fourth-order valence-electron chi connectivity index (χ4n) is 5.21. The van der Waals surface area contributed by atoms with Gasteiger partial charge in [0.25, 0.3) is 11.8 Å². The first-order valence-corrected chi connectivity index (χ1v) is 19.0. The Morgan fingerprint density at radius 2 is 1.02 bits per heavy atom. The number of pyridine rings is 2. The van der Waals surface area contributed by atoms with Crippen LogP contribution in [0.1, 0.15) is 21.0 Å². The summed E-state index contributed by atoms with van der Waals surface area (Å²) in [6.07, 6.45) is 9.60. The summed E-state index contributed by atoms with van der Waals surface area (Å²) in [7, 11) is 4.47. The molecule has 0 spiro atoms. The van der Waals surface area contributed by atoms with Crippen LogP contribution in [0.4, 0.5) is 28.7 Å². The highest BCUT2D eigenvalue weighted by atomic mass is 35.5. The molecule has 0 radical (unpaired) electrons. The molecule has 13 nitrogen and oxygen atoms in total. The van der Waals surface area contributed by atoms with E-state index in [4.69, 9.17) is 17.3 Å². The molecule has 2 amide bonds. The molecule has 8 rings (SSSR count). The maximum Gasteiger partial charge on any atom is 0.274 e. The maximum atomic E-state index is 12.7. The summed E-state index contributed by atoms with van der Waals surface area (Å²) in [5.74, 6) is -0.341. The third-order valence-electron chi connectivity index (χ3n) is 7.88. The van der Waals surface area contributed by atoms with Gasteiger partial charge in [0, 0.05) is 54.3 Å². The number of aromatic nitrogens is 6. The van der Waals surface area contributed by atoms with Crippen molar-refractivity contribution in [2.24, 2.45) is 4.74 Å². The van der Waals surface area contributed by atoms with Crippen molar-refractivity contribution in [3.8, 4) is 22.3 Å². The fourth-order valence-corrected chi connectivity index (χ4v) is 5.36. The van der Waals surface area contributed by atoms with Gasteiger partial charge >= 0.3 is 0 Å². The lowest BCUT2D eigenvalue weighted by Gasteiger charge is -2.11. The van der Waals surface area contributed by atoms with Gasteiger partial charge in [0.2, 0.25) is 11.2 Å². The average molecular weight is 832 g/mol. The predicted octanol–water partition coefficient (Wildman–Crippen LogP) is 10.2. The Bertz CT molecular complexity index is 2580. The Balaban J connectivity index is 0.000000189. The zero-order chi connectivity index (χ0) is 42.4. The monoisotopic (exact) mass is 831 g/mol. The van der Waals surface area contributed by atoms with Gasteiger partial charge in [-0.2, -0.15) is 0 Å². The molecule has 4 aromatic heterocycles. The molecule has 0 saturated heterocycles. The molecule has 4 heterocycles. The van der Waals surface area contributed by atoms with Gasteiger partial charge in [0.05, 0.1) is 23.8 Å². The van der Waals surface area contributed by atoms with E-state index in [0.29, 0.717) is 17.3 Å². The average Bonchev–Trinajstić information content (AvgIpc) is 3.29. The lowest BCUT2D eigenvalue weighted by atomic mass is 10.1. The van der Waals surface area contributed by atoms with Crippen molar-refractivity contribution in [1.29, 1.82) is 0 Å². The van der Waals surface area contributed by atoms with Crippen LogP contribution >= 0.6 is 20.6 Å². The number of rotatable bonds is 8. The predicted molar refractivity (Wildman–Crippen MR) is 242 cm³/mol. The standard InChI is InChI=1S/C22H17N5O.C16H11ClN4O.C6H7N.CH4NP/c28-21(19-12-14-24-22(27-19)25-17-9-5-2-6-10-17)26-20-15-23-13-11-18(20)16-7-3-1-4-8-16;17-16-19-9-7-13(21-16)15(22)20-14-10-18-8-6-12(14)11-4-2-1-3-5-11;7-6-4-2-1-3-5-6;1-2-3/h1-15H,(H,26,28)(H,24,25,27);1-10H,(H,20,22);1-5H,7H2;3H,1H3. The SMILES string of the molecule is CN=P.Nc1ccccc1.O=C(Nc1cnccc1-c1ccccc1)c1ccnc(Cl)n1.O=C(Nc1cnccc1-c1ccccc1)c1ccnc(Nc2ccccc2)n1. The highest BCUT2D eigenvalue weighted by molar-refractivity contribution is 7.03. The fraction of sp³-hybridized carbons (Fsp3) is 0.0222. The zero-order valence-corrected chi connectivity index (χ0v) is 34.0. The molecule has 0 aliphatic carbocycles. The number of amides is 2. The van der Waals surface area contributed by atoms with Crippen molar-refractivity contribution < 1.29 is 9.59 Å². The summed E-state index contributed by atoms with van der Waals surface area (Å²) >= 11 is 5.70. The van der Waals surface area contributed by atoms with Crippen LogP contribution in [0.3, 0.4) is 0 Å². The molecular formula is C45H39ClN11O2P. The molecule has 298 valence electrons. The van der Waals surface area contributed by atoms with E-state index in [0.717, 1.165) is 33.6 Å². The third-order valence-corrected chi connectivity index (χ3v) is 8.07. The van der Waals surface area contributed by atoms with Crippen molar-refractivity contribution in [2.45, 2.75) is 0 Å². The summed E-state index contributed by atoms with van der Waals surface area (Å²) in [5, 5.41) is 8.81. The van der Waals surface area contributed by atoms with Crippen LogP contribution in [-0.2, 0) is 0 Å². The van der Waals surface area contributed by atoms with Crippen LogP contribution in [0, 0.1) is 0 Å². The van der Waals surface area contributed by atoms with Crippen LogP contribution in [-0.4, -0.2) is 48.8 Å². The first-order chi connectivity index (χ1) is 29.3. The number of carbonyl (C=O) groups excluding carboxylic acids is 2. The van der Waals surface area contributed by atoms with Crippen LogP contribution in [0.25, 0.3) is 22.3 Å². The first-order valence-electron chi connectivity index (χ1n) is 18.2. The summed E-state index contributed by atoms with van der Waals surface area (Å²) in [4.78, 5) is 49.3. The number of hydrogen-bond acceptors (Lipinski definition) is 11. The van der Waals surface area contributed by atoms with Gasteiger partial charge in [0.1, 0.15) is 11.4 Å². The molecule has 60 heavy (non-hydrogen) atoms. The Morgan fingerprint density at radius 1 is 0.583 bits per heavy atom. The molecule has 0 aliphatic heterocycles. The molecule has 0 bridgehead atoms. The number of nitrogen functional groups attached to an aromatic ring is 1. The van der Waals surface area contributed by atoms with Gasteiger partial charge in [-0.1, -0.05) is 97.1 Å². The molecule has 5 N–H and O–H groups in total. The van der Waals surface area contributed by atoms with Gasteiger partial charge < -0.3 is 21.7 Å². The lowest BCUT2D eigenvalue weighted by molar-refractivity contribution is 0.101. The summed E-state index contributed by atoms with van der Waals surface area (Å²) in [6, 6.07) is 45.4. The molecule has 0 unspecified atom stereocenters. The number of benzene rings is 4. The van der Waals surface area contributed by atoms with Crippen molar-refractivity contribution in [3.63, 3.8) is 0 Å². The van der Waals surface area contributed by atoms with Gasteiger partial charge in [-0.25, -0.2) is 19.9 Å². The Kier molecular flexibility index (Phi) is 17.0. The highest BCUT2D eigenvalue weighted by Gasteiger charge is 2.14. The Morgan fingerprint density at radius 3 is 1.47 bits per heavy atom. The minimum Gasteiger partial charge on any atom is -0.399 e. The largest absolute Gasteiger partial charge is 0.399 e. The number of hydrogen-bond donors (Lipinski definition) is 4. The minimum atomic E-state index is -0.366. The van der Waals surface area contributed by atoms with E-state index in [-0.39, 0.29) is 28.5 Å². The second-order valence-electron chi connectivity index (χ2n) is 12.1. The molecule has 0 atom stereocenters. The van der Waals surface area contributed by atoms with Crippen molar-refractivity contribution in [1.82, 2.24) is 29.9 Å². The number of nitrogens with two attached hydrogens (primary N) is 1. The van der Waals surface area contributed by atoms with E-state index in [9.17, 15) is 9.59 Å². The van der Waals surface area contributed by atoms with Gasteiger partial charge in [-0.15, -0.1) is 0 Å². The zero-order valence-electron chi connectivity index (χ0n) is 32.2. The number of nitrogens with one attached hydrogen (secondary N) is 3. The first kappa shape index (κ1) is 43.4. The topological polar surface area (TPSA) is 186 Å². The smallest absolute Gasteiger partial charge is 0.274 e. The maximum absolute atomic E-state index is 12.7. The van der Waals surface area contributed by atoms with Crippen molar-refractivity contribution >= 4 is 61.1 Å². The number of nitrogens with zero attached hydrogens (tertiary/aromatic N) is 7. The Hall–Kier alpha value is -7.73. The molecule has 4 aromatic carbocycles. The van der Waals surface area contributed by atoms with E-state index in [1.54, 1.807) is 44.1 Å². The van der Waals surface area contributed by atoms with Gasteiger partial charge in [-0.3, -0.25) is 24.3 Å². The highest BCUT2D eigenvalue weighted by Crippen LogP contribution is 2.28. The molecule has 8 aromatic rings. The van der Waals surface area contributed by atoms with Crippen molar-refractivity contribution in [2.75, 3.05) is 28.7 Å². The lowest BCUT2D eigenvalue weighted by Crippen LogP contribution is -2.15. The van der Waals surface area contributed by atoms with Gasteiger partial charge in [0.15, 0.2) is 0 Å². The summed E-state index contributed by atoms with van der Waals surface area (Å²) in [6.45, 7) is 0. The van der Waals surface area contributed by atoms with E-state index in [2.05, 4.69) is 59.6 Å². The van der Waals surface area contributed by atoms with Crippen LogP contribution in [0.2, 0.25) is 5.28 Å². The number of carbonyl (C=O) groups is 2. The minimum absolute atomic E-state index is 0.0297. The van der Waals surface area contributed by atoms with E-state index >= 15 is 0 Å². The molecule has 0 saturated carbocycles. The molecule has 0 fully saturated rings. The molecule has 15 heteroatoms. The third kappa shape index (κ3) is 13.7. The Labute approximate surface area is 354 Å². The summed E-state index contributed by atoms with van der Waals surface area (Å²) in [5.41, 5.74) is 12.5. The van der Waals surface area contributed by atoms with Crippen LogP contribution in [0.15, 0.2) is 188 Å². The van der Waals surface area contributed by atoms with Crippen LogP contribution < -0.4 is 21.7 Å². The molecular weight excluding hydrogens is 793 g/mol. The molecule has 0 aliphatic rings.